The van der Waals surface area contributed by atoms with Gasteiger partial charge in [0.2, 0.25) is 0 Å². The van der Waals surface area contributed by atoms with Gasteiger partial charge in [-0.15, -0.1) is 24.7 Å². The Hall–Kier alpha value is -3.44. The summed E-state index contributed by atoms with van der Waals surface area (Å²) >= 11 is 0. The molecular weight excluding hydrogens is 486 g/mol. The van der Waals surface area contributed by atoms with Gasteiger partial charge >= 0.3 is 18.3 Å². The normalized spacial score (nSPS) is 12.5. The SMILES string of the molecule is C#CCC(CC#C)(C(=O)OCc1ccccc1)S(=O)(=O)c1cc(C(F)(F)F)cc(C(F)(F)F)c1. The molecule has 0 radical (unpaired) electrons. The van der Waals surface area contributed by atoms with Crippen molar-refractivity contribution in [1.82, 2.24) is 0 Å². The standard InChI is InChI=1S/C23H16F6O4S/c1-3-10-21(11-4-2,20(30)33-15-16-8-6-5-7-9-16)34(31,32)19-13-17(22(24,25)26)12-18(14-19)23(27,28)29/h1-2,5-9,12-14H,10-11,15H2. The fourth-order valence-corrected chi connectivity index (χ4v) is 4.84. The van der Waals surface area contributed by atoms with Crippen molar-refractivity contribution in [3.8, 4) is 24.7 Å². The van der Waals surface area contributed by atoms with Crippen LogP contribution in [0.4, 0.5) is 26.3 Å². The molecule has 0 heterocycles. The fourth-order valence-electron chi connectivity index (χ4n) is 3.00. The van der Waals surface area contributed by atoms with E-state index in [1.807, 2.05) is 11.8 Å². The number of terminal acetylenes is 2. The van der Waals surface area contributed by atoms with Crippen LogP contribution in [0.2, 0.25) is 0 Å². The number of benzene rings is 2. The summed E-state index contributed by atoms with van der Waals surface area (Å²) in [6.07, 6.45) is -2.12. The number of rotatable bonds is 7. The first kappa shape index (κ1) is 26.8. The zero-order valence-electron chi connectivity index (χ0n) is 17.2. The summed E-state index contributed by atoms with van der Waals surface area (Å²) in [6.45, 7) is -0.442. The third-order valence-corrected chi connectivity index (χ3v) is 7.09. The molecule has 4 nitrogen and oxygen atoms in total. The Morgan fingerprint density at radius 1 is 0.853 bits per heavy atom. The average molecular weight is 502 g/mol. The summed E-state index contributed by atoms with van der Waals surface area (Å²) in [6, 6.07) is 7.67. The number of alkyl halides is 6. The second-order valence-corrected chi connectivity index (χ2v) is 9.32. The Morgan fingerprint density at radius 3 is 1.74 bits per heavy atom. The lowest BCUT2D eigenvalue weighted by Gasteiger charge is -2.28. The summed E-state index contributed by atoms with van der Waals surface area (Å²) < 4.78 is 109. The zero-order chi connectivity index (χ0) is 25.8. The van der Waals surface area contributed by atoms with Gasteiger partial charge in [-0.2, -0.15) is 26.3 Å². The molecule has 0 saturated carbocycles. The van der Waals surface area contributed by atoms with Crippen LogP contribution in [-0.2, 0) is 38.3 Å². The molecule has 0 spiro atoms. The molecule has 0 unspecified atom stereocenters. The first-order valence-electron chi connectivity index (χ1n) is 9.31. The van der Waals surface area contributed by atoms with Gasteiger partial charge in [0.25, 0.3) is 0 Å². The van der Waals surface area contributed by atoms with E-state index in [0.29, 0.717) is 5.56 Å². The molecular formula is C23H16F6O4S. The van der Waals surface area contributed by atoms with Crippen LogP contribution < -0.4 is 0 Å². The smallest absolute Gasteiger partial charge is 0.416 e. The second kappa shape index (κ2) is 9.82. The number of sulfone groups is 1. The number of carbonyl (C=O) groups excluding carboxylic acids is 1. The van der Waals surface area contributed by atoms with E-state index < -0.39 is 68.4 Å². The maximum Gasteiger partial charge on any atom is 0.416 e. The number of ether oxygens (including phenoxy) is 1. The lowest BCUT2D eigenvalue weighted by molar-refractivity contribution is -0.148. The molecule has 0 fully saturated rings. The number of esters is 1. The van der Waals surface area contributed by atoms with Crippen LogP contribution in [0.15, 0.2) is 53.4 Å². The summed E-state index contributed by atoms with van der Waals surface area (Å²) in [4.78, 5) is 11.5. The first-order valence-corrected chi connectivity index (χ1v) is 10.8. The molecule has 2 aromatic carbocycles. The van der Waals surface area contributed by atoms with Gasteiger partial charge in [-0.25, -0.2) is 8.42 Å². The monoisotopic (exact) mass is 502 g/mol. The van der Waals surface area contributed by atoms with Gasteiger partial charge in [-0.1, -0.05) is 30.3 Å². The van der Waals surface area contributed by atoms with Gasteiger partial charge in [0.05, 0.1) is 16.0 Å². The van der Waals surface area contributed by atoms with Crippen molar-refractivity contribution in [2.45, 2.75) is 41.4 Å². The third kappa shape index (κ3) is 5.54. The molecule has 0 amide bonds. The lowest BCUT2D eigenvalue weighted by Crippen LogP contribution is -2.47. The predicted molar refractivity (Wildman–Crippen MR) is 110 cm³/mol. The molecule has 2 rings (SSSR count). The van der Waals surface area contributed by atoms with Crippen LogP contribution in [0, 0.1) is 24.7 Å². The van der Waals surface area contributed by atoms with Gasteiger partial charge in [0, 0.05) is 12.8 Å². The molecule has 0 bridgehead atoms. The van der Waals surface area contributed by atoms with E-state index in [1.165, 1.54) is 12.1 Å². The molecule has 0 aliphatic carbocycles. The van der Waals surface area contributed by atoms with E-state index in [-0.39, 0.29) is 18.2 Å². The van der Waals surface area contributed by atoms with Crippen LogP contribution in [-0.4, -0.2) is 19.1 Å². The fraction of sp³-hybridized carbons (Fsp3) is 0.261. The highest BCUT2D eigenvalue weighted by Gasteiger charge is 2.53. The Kier molecular flexibility index (Phi) is 7.74. The van der Waals surface area contributed by atoms with Crippen LogP contribution in [0.25, 0.3) is 0 Å². The van der Waals surface area contributed by atoms with Gasteiger partial charge in [0.1, 0.15) is 6.61 Å². The van der Waals surface area contributed by atoms with Gasteiger partial charge in [-0.3, -0.25) is 4.79 Å². The van der Waals surface area contributed by atoms with Crippen molar-refractivity contribution in [2.75, 3.05) is 0 Å². The number of hydrogen-bond acceptors (Lipinski definition) is 4. The van der Waals surface area contributed by atoms with Crippen molar-refractivity contribution >= 4 is 15.8 Å². The average Bonchev–Trinajstić information content (AvgIpc) is 2.76. The molecule has 2 aromatic rings. The van der Waals surface area contributed by atoms with E-state index in [4.69, 9.17) is 17.6 Å². The van der Waals surface area contributed by atoms with E-state index in [9.17, 15) is 39.6 Å². The van der Waals surface area contributed by atoms with E-state index >= 15 is 0 Å². The summed E-state index contributed by atoms with van der Waals surface area (Å²) in [5.41, 5.74) is -3.33. The van der Waals surface area contributed by atoms with E-state index in [2.05, 4.69) is 0 Å². The van der Waals surface area contributed by atoms with Gasteiger partial charge < -0.3 is 4.74 Å². The highest BCUT2D eigenvalue weighted by Crippen LogP contribution is 2.41. The number of halogens is 6. The molecule has 180 valence electrons. The minimum absolute atomic E-state index is 0.00314. The zero-order valence-corrected chi connectivity index (χ0v) is 18.0. The predicted octanol–water partition coefficient (Wildman–Crippen LogP) is 5.03. The van der Waals surface area contributed by atoms with Crippen LogP contribution in [0.5, 0.6) is 0 Å². The van der Waals surface area contributed by atoms with Crippen molar-refractivity contribution in [1.29, 1.82) is 0 Å². The quantitative estimate of drug-likeness (QED) is 0.303. The van der Waals surface area contributed by atoms with E-state index in [0.717, 1.165) is 0 Å². The molecule has 0 aromatic heterocycles. The molecule has 34 heavy (non-hydrogen) atoms. The minimum atomic E-state index is -5.32. The highest BCUT2D eigenvalue weighted by atomic mass is 32.2. The van der Waals surface area contributed by atoms with Crippen molar-refractivity contribution in [2.24, 2.45) is 0 Å². The molecule has 0 saturated heterocycles. The van der Waals surface area contributed by atoms with E-state index in [1.54, 1.807) is 18.2 Å². The Bertz CT molecular complexity index is 1190. The largest absolute Gasteiger partial charge is 0.460 e. The Labute approximate surface area is 191 Å². The molecule has 0 aliphatic heterocycles. The summed E-state index contributed by atoms with van der Waals surface area (Å²) in [7, 11) is -5.32. The molecule has 0 N–H and O–H groups in total. The van der Waals surface area contributed by atoms with Crippen LogP contribution in [0.1, 0.15) is 29.5 Å². The summed E-state index contributed by atoms with van der Waals surface area (Å²) in [5, 5.41) is 0. The number of carbonyl (C=O) groups is 1. The van der Waals surface area contributed by atoms with Gasteiger partial charge in [0.15, 0.2) is 14.6 Å². The maximum atomic E-state index is 13.4. The topological polar surface area (TPSA) is 60.4 Å². The highest BCUT2D eigenvalue weighted by molar-refractivity contribution is 7.93. The second-order valence-electron chi connectivity index (χ2n) is 7.06. The Balaban J connectivity index is 2.70. The molecule has 0 aliphatic rings. The van der Waals surface area contributed by atoms with Gasteiger partial charge in [-0.05, 0) is 23.8 Å². The van der Waals surface area contributed by atoms with Crippen molar-refractivity contribution in [3.05, 3.63) is 65.2 Å². The van der Waals surface area contributed by atoms with Crippen LogP contribution >= 0.6 is 0 Å². The van der Waals surface area contributed by atoms with Crippen LogP contribution in [0.3, 0.4) is 0 Å². The summed E-state index contributed by atoms with van der Waals surface area (Å²) in [5.74, 6) is 2.33. The lowest BCUT2D eigenvalue weighted by atomic mass is 10.0. The Morgan fingerprint density at radius 2 is 1.32 bits per heavy atom. The van der Waals surface area contributed by atoms with Crippen molar-refractivity contribution in [3.63, 3.8) is 0 Å². The van der Waals surface area contributed by atoms with Crippen molar-refractivity contribution < 1.29 is 44.3 Å². The first-order chi connectivity index (χ1) is 15.7. The minimum Gasteiger partial charge on any atom is -0.460 e. The maximum absolute atomic E-state index is 13.4. The molecule has 0 atom stereocenters. The number of hydrogen-bond donors (Lipinski definition) is 0. The third-order valence-electron chi connectivity index (χ3n) is 4.75. The molecule has 11 heteroatoms.